The third kappa shape index (κ3) is 4.33. The molecule has 1 aromatic carbocycles. The number of aromatic nitrogens is 2. The van der Waals surface area contributed by atoms with Crippen LogP contribution < -0.4 is 5.32 Å². The first-order valence-corrected chi connectivity index (χ1v) is 8.54. The number of nitrogens with zero attached hydrogens (tertiary/aromatic N) is 3. The Morgan fingerprint density at radius 1 is 1.13 bits per heavy atom. The van der Waals surface area contributed by atoms with Crippen molar-refractivity contribution in [3.8, 4) is 5.69 Å². The van der Waals surface area contributed by atoms with Gasteiger partial charge in [-0.2, -0.15) is 5.10 Å². The highest BCUT2D eigenvalue weighted by atomic mass is 16.5. The maximum atomic E-state index is 5.40. The molecule has 0 spiro atoms. The van der Waals surface area contributed by atoms with Crippen LogP contribution in [0, 0.1) is 0 Å². The molecule has 2 heterocycles. The summed E-state index contributed by atoms with van der Waals surface area (Å²) in [5, 5.41) is 7.89. The van der Waals surface area contributed by atoms with E-state index in [1.165, 1.54) is 18.4 Å². The molecule has 0 amide bonds. The summed E-state index contributed by atoms with van der Waals surface area (Å²) in [4.78, 5) is 2.43. The lowest BCUT2D eigenvalue weighted by molar-refractivity contribution is 0.0342. The van der Waals surface area contributed by atoms with Crippen molar-refractivity contribution < 1.29 is 4.74 Å². The Bertz CT molecular complexity index is 587. The van der Waals surface area contributed by atoms with Crippen molar-refractivity contribution in [3.63, 3.8) is 0 Å². The molecule has 0 atom stereocenters. The number of benzene rings is 1. The number of hydrogen-bond acceptors (Lipinski definition) is 4. The van der Waals surface area contributed by atoms with E-state index in [2.05, 4.69) is 46.5 Å². The van der Waals surface area contributed by atoms with Crippen LogP contribution in [0.15, 0.2) is 36.5 Å². The van der Waals surface area contributed by atoms with Gasteiger partial charge in [-0.05, 0) is 24.1 Å². The maximum absolute atomic E-state index is 5.40. The minimum atomic E-state index is 0.845. The van der Waals surface area contributed by atoms with Gasteiger partial charge in [-0.1, -0.05) is 25.5 Å². The minimum absolute atomic E-state index is 0.845. The van der Waals surface area contributed by atoms with Crippen LogP contribution in [0.1, 0.15) is 25.3 Å². The molecule has 5 heteroatoms. The molecule has 0 radical (unpaired) electrons. The van der Waals surface area contributed by atoms with Crippen molar-refractivity contribution in [2.24, 2.45) is 0 Å². The van der Waals surface area contributed by atoms with Crippen molar-refractivity contribution in [2.45, 2.75) is 26.3 Å². The SMILES string of the molecule is CCCCNc1ccnn1-c1ccc(CN2CCOCC2)cc1. The summed E-state index contributed by atoms with van der Waals surface area (Å²) in [6.07, 6.45) is 4.21. The van der Waals surface area contributed by atoms with E-state index in [1.54, 1.807) is 0 Å². The number of ether oxygens (including phenoxy) is 1. The molecule has 5 nitrogen and oxygen atoms in total. The summed E-state index contributed by atoms with van der Waals surface area (Å²) < 4.78 is 7.37. The zero-order valence-corrected chi connectivity index (χ0v) is 13.9. The summed E-state index contributed by atoms with van der Waals surface area (Å²) in [6, 6.07) is 10.7. The Morgan fingerprint density at radius 2 is 1.91 bits per heavy atom. The van der Waals surface area contributed by atoms with E-state index in [0.29, 0.717) is 0 Å². The largest absolute Gasteiger partial charge is 0.379 e. The van der Waals surface area contributed by atoms with Crippen molar-refractivity contribution in [3.05, 3.63) is 42.1 Å². The number of morpholine rings is 1. The highest BCUT2D eigenvalue weighted by Gasteiger charge is 2.11. The molecule has 1 saturated heterocycles. The zero-order valence-electron chi connectivity index (χ0n) is 13.9. The first-order valence-electron chi connectivity index (χ1n) is 8.54. The van der Waals surface area contributed by atoms with Gasteiger partial charge in [-0.15, -0.1) is 0 Å². The quantitative estimate of drug-likeness (QED) is 0.798. The van der Waals surface area contributed by atoms with Crippen LogP contribution in [0.25, 0.3) is 5.69 Å². The van der Waals surface area contributed by atoms with Gasteiger partial charge in [0.2, 0.25) is 0 Å². The number of hydrogen-bond donors (Lipinski definition) is 1. The lowest BCUT2D eigenvalue weighted by Gasteiger charge is -2.26. The van der Waals surface area contributed by atoms with Crippen molar-refractivity contribution >= 4 is 5.82 Å². The molecule has 23 heavy (non-hydrogen) atoms. The lowest BCUT2D eigenvalue weighted by Crippen LogP contribution is -2.35. The summed E-state index contributed by atoms with van der Waals surface area (Å²) >= 11 is 0. The first-order chi connectivity index (χ1) is 11.4. The van der Waals surface area contributed by atoms with E-state index in [4.69, 9.17) is 4.74 Å². The standard InChI is InChI=1S/C18H26N4O/c1-2-3-9-19-18-8-10-20-22(18)17-6-4-16(5-7-17)15-21-11-13-23-14-12-21/h4-8,10,19H,2-3,9,11-15H2,1H3. The fraction of sp³-hybridized carbons (Fsp3) is 0.500. The Morgan fingerprint density at radius 3 is 2.65 bits per heavy atom. The molecule has 1 aromatic heterocycles. The van der Waals surface area contributed by atoms with E-state index >= 15 is 0 Å². The molecule has 0 aliphatic carbocycles. The predicted molar refractivity (Wildman–Crippen MR) is 93.1 cm³/mol. The maximum Gasteiger partial charge on any atom is 0.129 e. The molecule has 0 saturated carbocycles. The summed E-state index contributed by atoms with van der Waals surface area (Å²) in [7, 11) is 0. The lowest BCUT2D eigenvalue weighted by atomic mass is 10.2. The number of unbranched alkanes of at least 4 members (excludes halogenated alkanes) is 1. The molecule has 1 N–H and O–H groups in total. The van der Waals surface area contributed by atoms with Gasteiger partial charge in [-0.25, -0.2) is 4.68 Å². The second-order valence-corrected chi connectivity index (χ2v) is 5.96. The fourth-order valence-corrected chi connectivity index (χ4v) is 2.80. The van der Waals surface area contributed by atoms with Crippen LogP contribution in [0.2, 0.25) is 0 Å². The van der Waals surface area contributed by atoms with E-state index < -0.39 is 0 Å². The Hall–Kier alpha value is -1.85. The van der Waals surface area contributed by atoms with Crippen LogP contribution in [-0.4, -0.2) is 47.5 Å². The monoisotopic (exact) mass is 314 g/mol. The zero-order chi connectivity index (χ0) is 15.9. The van der Waals surface area contributed by atoms with Crippen molar-refractivity contribution in [1.82, 2.24) is 14.7 Å². The summed E-state index contributed by atoms with van der Waals surface area (Å²) in [5.41, 5.74) is 2.43. The molecule has 0 bridgehead atoms. The second-order valence-electron chi connectivity index (χ2n) is 5.96. The molecule has 1 aliphatic rings. The normalized spacial score (nSPS) is 15.7. The molecule has 124 valence electrons. The number of rotatable bonds is 7. The first kappa shape index (κ1) is 16.0. The molecule has 0 unspecified atom stereocenters. The second kappa shape index (κ2) is 8.13. The van der Waals surface area contributed by atoms with Gasteiger partial charge in [-0.3, -0.25) is 4.90 Å². The van der Waals surface area contributed by atoms with Gasteiger partial charge in [0.25, 0.3) is 0 Å². The molecular weight excluding hydrogens is 288 g/mol. The van der Waals surface area contributed by atoms with Gasteiger partial charge in [0.05, 0.1) is 25.1 Å². The Kier molecular flexibility index (Phi) is 5.66. The summed E-state index contributed by atoms with van der Waals surface area (Å²) in [6.45, 7) is 7.91. The van der Waals surface area contributed by atoms with Gasteiger partial charge in [0.15, 0.2) is 0 Å². The fourth-order valence-electron chi connectivity index (χ4n) is 2.80. The van der Waals surface area contributed by atoms with E-state index in [9.17, 15) is 0 Å². The van der Waals surface area contributed by atoms with Gasteiger partial charge in [0.1, 0.15) is 5.82 Å². The Balaban J connectivity index is 1.63. The average molecular weight is 314 g/mol. The minimum Gasteiger partial charge on any atom is -0.379 e. The predicted octanol–water partition coefficient (Wildman–Crippen LogP) is 2.92. The van der Waals surface area contributed by atoms with E-state index in [0.717, 1.165) is 50.9 Å². The molecule has 1 fully saturated rings. The number of nitrogens with one attached hydrogen (secondary N) is 1. The Labute approximate surface area is 138 Å². The summed E-state index contributed by atoms with van der Waals surface area (Å²) in [5.74, 6) is 1.05. The topological polar surface area (TPSA) is 42.3 Å². The molecule has 3 rings (SSSR count). The van der Waals surface area contributed by atoms with E-state index in [1.807, 2.05) is 16.9 Å². The van der Waals surface area contributed by atoms with Gasteiger partial charge >= 0.3 is 0 Å². The molecule has 2 aromatic rings. The van der Waals surface area contributed by atoms with Crippen LogP contribution in [-0.2, 0) is 11.3 Å². The van der Waals surface area contributed by atoms with Gasteiger partial charge < -0.3 is 10.1 Å². The van der Waals surface area contributed by atoms with Crippen molar-refractivity contribution in [2.75, 3.05) is 38.2 Å². The average Bonchev–Trinajstić information content (AvgIpc) is 3.05. The highest BCUT2D eigenvalue weighted by molar-refractivity contribution is 5.45. The van der Waals surface area contributed by atoms with E-state index in [-0.39, 0.29) is 0 Å². The van der Waals surface area contributed by atoms with Crippen LogP contribution in [0.5, 0.6) is 0 Å². The third-order valence-corrected chi connectivity index (χ3v) is 4.17. The number of anilines is 1. The third-order valence-electron chi connectivity index (χ3n) is 4.17. The molecular formula is C18H26N4O. The van der Waals surface area contributed by atoms with Crippen LogP contribution in [0.4, 0.5) is 5.82 Å². The molecule has 1 aliphatic heterocycles. The van der Waals surface area contributed by atoms with Crippen molar-refractivity contribution in [1.29, 1.82) is 0 Å². The van der Waals surface area contributed by atoms with Gasteiger partial charge in [0, 0.05) is 32.2 Å². The highest BCUT2D eigenvalue weighted by Crippen LogP contribution is 2.16. The van der Waals surface area contributed by atoms with Crippen LogP contribution in [0.3, 0.4) is 0 Å². The van der Waals surface area contributed by atoms with Crippen LogP contribution >= 0.6 is 0 Å². The smallest absolute Gasteiger partial charge is 0.129 e.